The zero-order chi connectivity index (χ0) is 17.0. The van der Waals surface area contributed by atoms with Gasteiger partial charge < -0.3 is 4.90 Å². The predicted octanol–water partition coefficient (Wildman–Crippen LogP) is -0.539. The van der Waals surface area contributed by atoms with Crippen LogP contribution < -0.4 is 5.59 Å². The van der Waals surface area contributed by atoms with Crippen molar-refractivity contribution < 1.29 is 27.3 Å². The summed E-state index contributed by atoms with van der Waals surface area (Å²) in [6.07, 6.45) is 0. The van der Waals surface area contributed by atoms with E-state index in [1.807, 2.05) is 5.59 Å². The van der Waals surface area contributed by atoms with E-state index in [-0.39, 0.29) is 29.5 Å². The fourth-order valence-corrected chi connectivity index (χ4v) is 3.47. The van der Waals surface area contributed by atoms with Gasteiger partial charge in [0.1, 0.15) is 5.82 Å². The van der Waals surface area contributed by atoms with Crippen molar-refractivity contribution in [1.29, 1.82) is 0 Å². The molecule has 1 aromatic carbocycles. The van der Waals surface area contributed by atoms with Crippen molar-refractivity contribution in [2.75, 3.05) is 33.4 Å². The number of nitrogens with one attached hydrogen (secondary N) is 1. The average Bonchev–Trinajstić information content (AvgIpc) is 2.98. The van der Waals surface area contributed by atoms with Crippen molar-refractivity contribution >= 4 is 15.9 Å². The van der Waals surface area contributed by atoms with Crippen LogP contribution in [0.4, 0.5) is 4.39 Å². The van der Waals surface area contributed by atoms with Crippen molar-refractivity contribution in [2.45, 2.75) is 4.90 Å². The zero-order valence-electron chi connectivity index (χ0n) is 12.3. The first-order valence-corrected chi connectivity index (χ1v) is 8.05. The van der Waals surface area contributed by atoms with Gasteiger partial charge in [-0.2, -0.15) is 4.31 Å². The van der Waals surface area contributed by atoms with Gasteiger partial charge in [-0.25, -0.2) is 17.6 Å². The number of carbonyl (C=O) groups is 1. The van der Waals surface area contributed by atoms with E-state index in [1.54, 1.807) is 0 Å². The van der Waals surface area contributed by atoms with Gasteiger partial charge in [0.2, 0.25) is 10.0 Å². The number of nitroso groups, excluding NO2 is 1. The number of hydrogen-bond donors (Lipinski definition) is 1. The lowest BCUT2D eigenvalue weighted by molar-refractivity contribution is -0.649. The number of sulfonamides is 1. The number of nitrogens with zero attached hydrogens (tertiary/aromatic N) is 3. The molecule has 0 aliphatic carbocycles. The molecule has 0 spiro atoms. The topological polar surface area (TPSA) is 99.0 Å². The van der Waals surface area contributed by atoms with Gasteiger partial charge in [0.25, 0.3) is 5.91 Å². The summed E-state index contributed by atoms with van der Waals surface area (Å²) < 4.78 is 38.8. The highest BCUT2D eigenvalue weighted by molar-refractivity contribution is 7.89. The summed E-state index contributed by atoms with van der Waals surface area (Å²) in [4.78, 5) is 28.9. The highest BCUT2D eigenvalue weighted by Crippen LogP contribution is 2.19. The van der Waals surface area contributed by atoms with Crippen molar-refractivity contribution in [1.82, 2.24) is 14.8 Å². The number of halogens is 1. The summed E-state index contributed by atoms with van der Waals surface area (Å²) in [5, 5.41) is 0. The Morgan fingerprint density at radius 1 is 1.35 bits per heavy atom. The van der Waals surface area contributed by atoms with Crippen LogP contribution in [0.1, 0.15) is 0 Å². The molecule has 1 aliphatic rings. The largest absolute Gasteiger partial charge is 0.322 e. The molecule has 1 N–H and O–H groups in total. The smallest absolute Gasteiger partial charge is 0.304 e. The van der Waals surface area contributed by atoms with E-state index in [4.69, 9.17) is 0 Å². The standard InChI is InChI=1S/C12H16FN4O5S/c1-22-14-17(19)8-12(18)15-6-7-16(9-15)23(20,21)11-4-2-10(13)3-5-11/h2-5H,6-9H2,1H3,(H,14,19)/q+1. The Labute approximate surface area is 132 Å². The third-order valence-corrected chi connectivity index (χ3v) is 5.07. The van der Waals surface area contributed by atoms with Crippen molar-refractivity contribution in [3.05, 3.63) is 35.0 Å². The molecule has 9 nitrogen and oxygen atoms in total. The third-order valence-electron chi connectivity index (χ3n) is 3.22. The SMILES string of the molecule is CON[N+](=O)CC(=O)N1CCN(S(=O)(=O)c2ccc(F)cc2)C1. The molecule has 0 atom stereocenters. The minimum atomic E-state index is -3.82. The van der Waals surface area contributed by atoms with Crippen LogP contribution in [0.5, 0.6) is 0 Å². The molecule has 23 heavy (non-hydrogen) atoms. The number of carbonyl (C=O) groups excluding carboxylic acids is 1. The van der Waals surface area contributed by atoms with E-state index >= 15 is 0 Å². The quantitative estimate of drug-likeness (QED) is 0.548. The minimum Gasteiger partial charge on any atom is -0.322 e. The number of hydrogen-bond acceptors (Lipinski definition) is 5. The van der Waals surface area contributed by atoms with Crippen LogP contribution in [0.3, 0.4) is 0 Å². The molecular weight excluding hydrogens is 331 g/mol. The van der Waals surface area contributed by atoms with Crippen LogP contribution in [0.2, 0.25) is 0 Å². The summed E-state index contributed by atoms with van der Waals surface area (Å²) in [6.45, 7) is -0.417. The molecule has 0 aromatic heterocycles. The Bertz CT molecular complexity index is 694. The third kappa shape index (κ3) is 4.00. The summed E-state index contributed by atoms with van der Waals surface area (Å²) in [7, 11) is -2.60. The molecule has 1 aromatic rings. The minimum absolute atomic E-state index is 0.0558. The second-order valence-electron chi connectivity index (χ2n) is 4.77. The van der Waals surface area contributed by atoms with Gasteiger partial charge in [-0.05, 0) is 29.9 Å². The molecule has 1 heterocycles. The Balaban J connectivity index is 2.03. The molecule has 0 radical (unpaired) electrons. The molecule has 0 bridgehead atoms. The van der Waals surface area contributed by atoms with Gasteiger partial charge in [-0.3, -0.25) is 4.79 Å². The van der Waals surface area contributed by atoms with E-state index in [0.717, 1.165) is 28.6 Å². The fourth-order valence-electron chi connectivity index (χ4n) is 2.08. The molecule has 126 valence electrons. The molecule has 1 aliphatic heterocycles. The van der Waals surface area contributed by atoms with Gasteiger partial charge >= 0.3 is 6.54 Å². The summed E-state index contributed by atoms with van der Waals surface area (Å²) in [5.74, 6) is -1.08. The van der Waals surface area contributed by atoms with Crippen molar-refractivity contribution in [2.24, 2.45) is 0 Å². The Kier molecular flexibility index (Phi) is 5.23. The summed E-state index contributed by atoms with van der Waals surface area (Å²) >= 11 is 0. The summed E-state index contributed by atoms with van der Waals surface area (Å²) in [6, 6.07) is 4.43. The van der Waals surface area contributed by atoms with Gasteiger partial charge in [0, 0.05) is 13.1 Å². The van der Waals surface area contributed by atoms with Gasteiger partial charge in [0.15, 0.2) is 4.87 Å². The molecule has 1 amide bonds. The van der Waals surface area contributed by atoms with Crippen molar-refractivity contribution in [3.63, 3.8) is 0 Å². The van der Waals surface area contributed by atoms with Gasteiger partial charge in [-0.1, -0.05) is 0 Å². The second kappa shape index (κ2) is 6.98. The van der Waals surface area contributed by atoms with Crippen LogP contribution >= 0.6 is 0 Å². The maximum Gasteiger partial charge on any atom is 0.304 e. The first-order valence-electron chi connectivity index (χ1n) is 6.61. The monoisotopic (exact) mass is 347 g/mol. The lowest BCUT2D eigenvalue weighted by atomic mass is 10.4. The van der Waals surface area contributed by atoms with Crippen LogP contribution in [0.15, 0.2) is 29.2 Å². The maximum absolute atomic E-state index is 12.9. The second-order valence-corrected chi connectivity index (χ2v) is 6.70. The summed E-state index contributed by atoms with van der Waals surface area (Å²) in [5.41, 5.74) is 1.94. The zero-order valence-corrected chi connectivity index (χ0v) is 13.1. The number of rotatable bonds is 6. The molecule has 2 rings (SSSR count). The number of hydrazine groups is 1. The molecule has 11 heteroatoms. The Morgan fingerprint density at radius 3 is 2.61 bits per heavy atom. The molecule has 1 fully saturated rings. The van der Waals surface area contributed by atoms with Crippen LogP contribution in [-0.2, 0) is 19.7 Å². The van der Waals surface area contributed by atoms with E-state index in [2.05, 4.69) is 4.84 Å². The first kappa shape index (κ1) is 17.2. The van der Waals surface area contributed by atoms with Crippen molar-refractivity contribution in [3.8, 4) is 0 Å². The lowest BCUT2D eigenvalue weighted by Gasteiger charge is -2.17. The fraction of sp³-hybridized carbons (Fsp3) is 0.417. The van der Waals surface area contributed by atoms with E-state index in [0.29, 0.717) is 0 Å². The normalized spacial score (nSPS) is 15.7. The van der Waals surface area contributed by atoms with Crippen LogP contribution in [-0.4, -0.2) is 61.8 Å². The molecular formula is C12H16FN4O5S+. The van der Waals surface area contributed by atoms with E-state index in [1.165, 1.54) is 12.0 Å². The van der Waals surface area contributed by atoms with E-state index in [9.17, 15) is 22.5 Å². The van der Waals surface area contributed by atoms with E-state index < -0.39 is 28.3 Å². The number of amides is 1. The van der Waals surface area contributed by atoms with Crippen LogP contribution in [0, 0.1) is 10.7 Å². The molecule has 0 saturated carbocycles. The maximum atomic E-state index is 12.9. The predicted molar refractivity (Wildman–Crippen MR) is 75.5 cm³/mol. The Hall–Kier alpha value is -2.11. The van der Waals surface area contributed by atoms with Crippen LogP contribution in [0.25, 0.3) is 0 Å². The average molecular weight is 347 g/mol. The molecule has 0 unspecified atom stereocenters. The Morgan fingerprint density at radius 2 is 2.00 bits per heavy atom. The highest BCUT2D eigenvalue weighted by Gasteiger charge is 2.35. The molecule has 1 saturated heterocycles. The first-order chi connectivity index (χ1) is 10.8. The highest BCUT2D eigenvalue weighted by atomic mass is 32.2. The lowest BCUT2D eigenvalue weighted by Crippen LogP contribution is -2.40. The van der Waals surface area contributed by atoms with Gasteiger partial charge in [0.05, 0.1) is 23.6 Å². The van der Waals surface area contributed by atoms with Gasteiger partial charge in [-0.15, -0.1) is 0 Å². The number of benzene rings is 1.